The molecule has 3 nitrogen and oxygen atoms in total. The van der Waals surface area contributed by atoms with E-state index in [-0.39, 0.29) is 0 Å². The molecule has 1 aliphatic carbocycles. The number of rotatable bonds is 2. The minimum atomic E-state index is 0.916. The molecule has 0 spiro atoms. The Morgan fingerprint density at radius 1 is 0.476 bits per heavy atom. The first-order chi connectivity index (χ1) is 20.8. The zero-order valence-corrected chi connectivity index (χ0v) is 22.5. The predicted octanol–water partition coefficient (Wildman–Crippen LogP) is 10.5. The van der Waals surface area contributed by atoms with Crippen molar-refractivity contribution in [2.24, 2.45) is 0 Å². The zero-order chi connectivity index (χ0) is 27.4. The van der Waals surface area contributed by atoms with E-state index in [1.165, 1.54) is 60.6 Å². The molecule has 10 rings (SSSR count). The number of aromatic nitrogens is 2. The summed E-state index contributed by atoms with van der Waals surface area (Å²) in [5, 5.41) is 5.99. The van der Waals surface area contributed by atoms with Gasteiger partial charge in [0.2, 0.25) is 0 Å². The van der Waals surface area contributed by atoms with Crippen LogP contribution < -0.4 is 0 Å². The molecule has 0 saturated heterocycles. The van der Waals surface area contributed by atoms with Gasteiger partial charge in [0.15, 0.2) is 0 Å². The molecule has 194 valence electrons. The van der Waals surface area contributed by atoms with Crippen molar-refractivity contribution in [1.29, 1.82) is 0 Å². The molecular formula is C39H22N2O. The largest absolute Gasteiger partial charge is 0.456 e. The molecule has 3 heteroatoms. The Bertz CT molecular complexity index is 2550. The van der Waals surface area contributed by atoms with E-state index in [1.54, 1.807) is 0 Å². The molecule has 3 aromatic heterocycles. The van der Waals surface area contributed by atoms with Crippen LogP contribution in [0.2, 0.25) is 0 Å². The van der Waals surface area contributed by atoms with Crippen molar-refractivity contribution in [3.63, 3.8) is 0 Å². The zero-order valence-electron chi connectivity index (χ0n) is 22.5. The standard InChI is InChI=1S/C39H22N2O/c1-2-8-26-25(7-1)29-15-17-35(39-38(29)30(26)19-20-40-39)41-33-11-5-3-9-27(33)31-21-23(13-16-34(31)41)24-14-18-37-32(22-24)28-10-4-6-12-36(28)42-37/h1-22H. The van der Waals surface area contributed by atoms with Crippen molar-refractivity contribution in [2.45, 2.75) is 0 Å². The monoisotopic (exact) mass is 534 g/mol. The van der Waals surface area contributed by atoms with Crippen molar-refractivity contribution in [3.8, 4) is 39.1 Å². The lowest BCUT2D eigenvalue weighted by molar-refractivity contribution is 0.669. The molecule has 42 heavy (non-hydrogen) atoms. The van der Waals surface area contributed by atoms with Crippen LogP contribution in [0.3, 0.4) is 0 Å². The highest BCUT2D eigenvalue weighted by atomic mass is 16.3. The molecule has 0 aliphatic heterocycles. The third kappa shape index (κ3) is 2.82. The lowest BCUT2D eigenvalue weighted by atomic mass is 10.0. The highest BCUT2D eigenvalue weighted by Crippen LogP contribution is 2.48. The summed E-state index contributed by atoms with van der Waals surface area (Å²) in [4.78, 5) is 4.98. The SMILES string of the molecule is c1ccc2c(c1)-c1ccnc3c(-n4c5ccccc5c5cc(-c6ccc7oc8ccccc8c7c6)ccc54)ccc-2c13. The molecule has 9 aromatic rings. The minimum Gasteiger partial charge on any atom is -0.456 e. The van der Waals surface area contributed by atoms with Gasteiger partial charge < -0.3 is 8.98 Å². The fraction of sp³-hybridized carbons (Fsp3) is 0. The number of nitrogens with zero attached hydrogens (tertiary/aromatic N) is 2. The van der Waals surface area contributed by atoms with E-state index < -0.39 is 0 Å². The van der Waals surface area contributed by atoms with Crippen molar-refractivity contribution in [1.82, 2.24) is 9.55 Å². The van der Waals surface area contributed by atoms with Gasteiger partial charge in [-0.2, -0.15) is 0 Å². The van der Waals surface area contributed by atoms with Gasteiger partial charge in [0.05, 0.1) is 22.2 Å². The second-order valence-corrected chi connectivity index (χ2v) is 11.2. The second kappa shape index (κ2) is 7.96. The third-order valence-electron chi connectivity index (χ3n) is 9.00. The van der Waals surface area contributed by atoms with Crippen molar-refractivity contribution < 1.29 is 4.42 Å². The normalized spacial score (nSPS) is 12.3. The van der Waals surface area contributed by atoms with Gasteiger partial charge in [0.25, 0.3) is 0 Å². The number of fused-ring (bicyclic) bond motifs is 9. The summed E-state index contributed by atoms with van der Waals surface area (Å²) in [7, 11) is 0. The van der Waals surface area contributed by atoms with Crippen LogP contribution in [-0.4, -0.2) is 9.55 Å². The average Bonchev–Trinajstić information content (AvgIpc) is 3.70. The molecule has 6 aromatic carbocycles. The lowest BCUT2D eigenvalue weighted by Crippen LogP contribution is -1.97. The number of pyridine rings is 1. The van der Waals surface area contributed by atoms with Gasteiger partial charge in [-0.15, -0.1) is 0 Å². The minimum absolute atomic E-state index is 0.916. The Hall–Kier alpha value is -5.67. The van der Waals surface area contributed by atoms with Crippen LogP contribution >= 0.6 is 0 Å². The maximum Gasteiger partial charge on any atom is 0.135 e. The summed E-state index contributed by atoms with van der Waals surface area (Å²) in [6.07, 6.45) is 1.95. The number of hydrogen-bond donors (Lipinski definition) is 0. The van der Waals surface area contributed by atoms with Crippen LogP contribution in [-0.2, 0) is 0 Å². The Morgan fingerprint density at radius 2 is 1.14 bits per heavy atom. The van der Waals surface area contributed by atoms with Gasteiger partial charge in [-0.1, -0.05) is 78.9 Å². The number of furan rings is 1. The smallest absolute Gasteiger partial charge is 0.135 e. The van der Waals surface area contributed by atoms with Gasteiger partial charge in [-0.3, -0.25) is 4.98 Å². The van der Waals surface area contributed by atoms with Gasteiger partial charge in [0.1, 0.15) is 11.2 Å². The maximum absolute atomic E-state index is 6.09. The average molecular weight is 535 g/mol. The highest BCUT2D eigenvalue weighted by molar-refractivity contribution is 6.18. The summed E-state index contributed by atoms with van der Waals surface area (Å²) < 4.78 is 8.48. The molecule has 0 radical (unpaired) electrons. The molecule has 0 atom stereocenters. The summed E-state index contributed by atoms with van der Waals surface area (Å²) in [6, 6.07) is 45.6. The van der Waals surface area contributed by atoms with Crippen LogP contribution in [0.25, 0.3) is 93.7 Å². The Kier molecular flexibility index (Phi) is 4.18. The molecule has 0 amide bonds. The van der Waals surface area contributed by atoms with Gasteiger partial charge in [-0.25, -0.2) is 0 Å². The molecule has 0 fully saturated rings. The summed E-state index contributed by atoms with van der Waals surface area (Å²) in [6.45, 7) is 0. The quantitative estimate of drug-likeness (QED) is 0.221. The second-order valence-electron chi connectivity index (χ2n) is 11.2. The Balaban J connectivity index is 1.22. The van der Waals surface area contributed by atoms with Crippen molar-refractivity contribution in [2.75, 3.05) is 0 Å². The molecule has 0 saturated carbocycles. The van der Waals surface area contributed by atoms with Crippen LogP contribution in [0.4, 0.5) is 0 Å². The first-order valence-corrected chi connectivity index (χ1v) is 14.3. The van der Waals surface area contributed by atoms with E-state index in [2.05, 4.69) is 120 Å². The number of benzene rings is 6. The fourth-order valence-corrected chi connectivity index (χ4v) is 7.15. The summed E-state index contributed by atoms with van der Waals surface area (Å²) in [5.74, 6) is 0. The highest BCUT2D eigenvalue weighted by Gasteiger charge is 2.24. The number of hydrogen-bond acceptors (Lipinski definition) is 2. The number of para-hydroxylation sites is 2. The summed E-state index contributed by atoms with van der Waals surface area (Å²) in [5.41, 5.74) is 13.8. The van der Waals surface area contributed by atoms with E-state index in [0.717, 1.165) is 33.1 Å². The molecule has 0 bridgehead atoms. The van der Waals surface area contributed by atoms with Crippen LogP contribution in [0.5, 0.6) is 0 Å². The first kappa shape index (κ1) is 22.1. The maximum atomic E-state index is 6.09. The molecular weight excluding hydrogens is 512 g/mol. The van der Waals surface area contributed by atoms with Gasteiger partial charge in [-0.05, 0) is 81.9 Å². The molecule has 0 N–H and O–H groups in total. The Labute approximate surface area is 240 Å². The first-order valence-electron chi connectivity index (χ1n) is 14.3. The topological polar surface area (TPSA) is 31.0 Å². The summed E-state index contributed by atoms with van der Waals surface area (Å²) >= 11 is 0. The molecule has 3 heterocycles. The molecule has 1 aliphatic rings. The van der Waals surface area contributed by atoms with Gasteiger partial charge in [0, 0.05) is 33.1 Å². The van der Waals surface area contributed by atoms with Crippen molar-refractivity contribution >= 4 is 54.6 Å². The fourth-order valence-electron chi connectivity index (χ4n) is 7.15. The van der Waals surface area contributed by atoms with Crippen molar-refractivity contribution in [3.05, 3.63) is 134 Å². The van der Waals surface area contributed by atoms with Crippen LogP contribution in [0.15, 0.2) is 138 Å². The van der Waals surface area contributed by atoms with Crippen LogP contribution in [0.1, 0.15) is 0 Å². The van der Waals surface area contributed by atoms with Gasteiger partial charge >= 0.3 is 0 Å². The molecule has 0 unspecified atom stereocenters. The van der Waals surface area contributed by atoms with E-state index in [4.69, 9.17) is 9.40 Å². The lowest BCUT2D eigenvalue weighted by Gasteiger charge is -2.12. The van der Waals surface area contributed by atoms with E-state index in [9.17, 15) is 0 Å². The third-order valence-corrected chi connectivity index (χ3v) is 9.00. The predicted molar refractivity (Wildman–Crippen MR) is 173 cm³/mol. The Morgan fingerprint density at radius 3 is 2.02 bits per heavy atom. The van der Waals surface area contributed by atoms with E-state index >= 15 is 0 Å². The van der Waals surface area contributed by atoms with E-state index in [1.807, 2.05) is 18.3 Å². The van der Waals surface area contributed by atoms with E-state index in [0.29, 0.717) is 0 Å². The van der Waals surface area contributed by atoms with Crippen LogP contribution in [0, 0.1) is 0 Å².